The summed E-state index contributed by atoms with van der Waals surface area (Å²) in [4.78, 5) is 18.9. The average Bonchev–Trinajstić information content (AvgIpc) is 2.76. The fraction of sp³-hybridized carbons (Fsp3) is 0.708. The molecule has 3 rings (SSSR count). The number of rotatable bonds is 8. The Labute approximate surface area is 177 Å². The molecule has 5 nitrogen and oxygen atoms in total. The Morgan fingerprint density at radius 3 is 2.69 bits per heavy atom. The summed E-state index contributed by atoms with van der Waals surface area (Å²) in [6, 6.07) is 9.11. The number of piperidine rings is 2. The normalized spacial score (nSPS) is 21.5. The molecule has 2 saturated heterocycles. The van der Waals surface area contributed by atoms with Crippen LogP contribution in [0.3, 0.4) is 0 Å². The molecule has 2 heterocycles. The smallest absolute Gasteiger partial charge is 0.219 e. The van der Waals surface area contributed by atoms with E-state index in [0.717, 1.165) is 57.1 Å². The monoisotopic (exact) mass is 401 g/mol. The number of likely N-dealkylation sites (tertiary alicyclic amines) is 2. The second-order valence-electron chi connectivity index (χ2n) is 8.74. The molecule has 162 valence electrons. The minimum atomic E-state index is 0.227. The number of nitrogens with zero attached hydrogens (tertiary/aromatic N) is 3. The maximum Gasteiger partial charge on any atom is 0.219 e. The third-order valence-corrected chi connectivity index (χ3v) is 6.78. The molecule has 1 unspecified atom stereocenters. The Morgan fingerprint density at radius 2 is 2.00 bits per heavy atom. The number of ether oxygens (including phenoxy) is 1. The van der Waals surface area contributed by atoms with Gasteiger partial charge in [-0.3, -0.25) is 4.79 Å². The van der Waals surface area contributed by atoms with Crippen molar-refractivity contribution in [2.24, 2.45) is 5.92 Å². The number of methoxy groups -OCH3 is 1. The Balaban J connectivity index is 1.46. The predicted molar refractivity (Wildman–Crippen MR) is 118 cm³/mol. The Hall–Kier alpha value is -1.59. The Morgan fingerprint density at radius 1 is 1.21 bits per heavy atom. The summed E-state index contributed by atoms with van der Waals surface area (Å²) < 4.78 is 5.36. The second kappa shape index (κ2) is 11.0. The summed E-state index contributed by atoms with van der Waals surface area (Å²) in [6.07, 6.45) is 5.99. The van der Waals surface area contributed by atoms with E-state index in [1.54, 1.807) is 14.0 Å². The first-order valence-electron chi connectivity index (χ1n) is 11.4. The number of carbonyl (C=O) groups excluding carboxylic acids is 1. The van der Waals surface area contributed by atoms with Gasteiger partial charge in [-0.1, -0.05) is 19.1 Å². The zero-order valence-corrected chi connectivity index (χ0v) is 18.6. The van der Waals surface area contributed by atoms with Crippen LogP contribution in [0.25, 0.3) is 0 Å². The molecule has 2 aliphatic rings. The van der Waals surface area contributed by atoms with Gasteiger partial charge in [0.05, 0.1) is 7.11 Å². The van der Waals surface area contributed by atoms with Crippen LogP contribution in [0.4, 0.5) is 0 Å². The van der Waals surface area contributed by atoms with E-state index in [4.69, 9.17) is 4.74 Å². The van der Waals surface area contributed by atoms with Gasteiger partial charge in [-0.25, -0.2) is 0 Å². The number of hydrogen-bond donors (Lipinski definition) is 0. The van der Waals surface area contributed by atoms with Crippen LogP contribution in [0.15, 0.2) is 24.3 Å². The van der Waals surface area contributed by atoms with Crippen LogP contribution in [0.1, 0.15) is 45.1 Å². The molecule has 1 aromatic rings. The standard InChI is InChI=1S/C24H39N3O2/c1-4-26(23-11-15-27(16-12-23)20(2)28)19-22-8-6-13-25(18-22)14-10-21-7-5-9-24(17-21)29-3/h5,7,9,17,22-23H,4,6,8,10-16,18-19H2,1-3H3. The number of hydrogen-bond acceptors (Lipinski definition) is 4. The Kier molecular flexibility index (Phi) is 8.37. The summed E-state index contributed by atoms with van der Waals surface area (Å²) in [5.74, 6) is 1.94. The summed E-state index contributed by atoms with van der Waals surface area (Å²) in [5.41, 5.74) is 1.36. The average molecular weight is 402 g/mol. The fourth-order valence-electron chi connectivity index (χ4n) is 5.03. The van der Waals surface area contributed by atoms with Crippen LogP contribution in [-0.4, -0.2) is 79.6 Å². The van der Waals surface area contributed by atoms with Crippen molar-refractivity contribution < 1.29 is 9.53 Å². The van der Waals surface area contributed by atoms with Crippen LogP contribution in [0, 0.1) is 5.92 Å². The van der Waals surface area contributed by atoms with Crippen molar-refractivity contribution in [2.75, 3.05) is 52.9 Å². The summed E-state index contributed by atoms with van der Waals surface area (Å²) in [5, 5.41) is 0. The van der Waals surface area contributed by atoms with Crippen LogP contribution in [0.2, 0.25) is 0 Å². The summed E-state index contributed by atoms with van der Waals surface area (Å²) in [7, 11) is 1.73. The topological polar surface area (TPSA) is 36.0 Å². The first-order valence-corrected chi connectivity index (χ1v) is 11.4. The van der Waals surface area contributed by atoms with Crippen molar-refractivity contribution >= 4 is 5.91 Å². The van der Waals surface area contributed by atoms with E-state index in [1.165, 1.54) is 38.0 Å². The van der Waals surface area contributed by atoms with E-state index in [9.17, 15) is 4.79 Å². The van der Waals surface area contributed by atoms with Gasteiger partial charge in [0.2, 0.25) is 5.91 Å². The van der Waals surface area contributed by atoms with Crippen LogP contribution >= 0.6 is 0 Å². The van der Waals surface area contributed by atoms with Crippen LogP contribution in [-0.2, 0) is 11.2 Å². The highest BCUT2D eigenvalue weighted by atomic mass is 16.5. The van der Waals surface area contributed by atoms with Gasteiger partial charge in [-0.2, -0.15) is 0 Å². The molecule has 0 bridgehead atoms. The lowest BCUT2D eigenvalue weighted by Gasteiger charge is -2.41. The number of benzene rings is 1. The first-order chi connectivity index (χ1) is 14.1. The van der Waals surface area contributed by atoms with Crippen molar-refractivity contribution in [1.82, 2.24) is 14.7 Å². The van der Waals surface area contributed by atoms with Gasteiger partial charge in [-0.05, 0) is 68.8 Å². The SMILES string of the molecule is CCN(CC1CCCN(CCc2cccc(OC)c2)C1)C1CCN(C(C)=O)CC1. The van der Waals surface area contributed by atoms with Gasteiger partial charge in [0.1, 0.15) is 5.75 Å². The van der Waals surface area contributed by atoms with Gasteiger partial charge in [-0.15, -0.1) is 0 Å². The predicted octanol–water partition coefficient (Wildman–Crippen LogP) is 3.28. The minimum Gasteiger partial charge on any atom is -0.497 e. The molecule has 5 heteroatoms. The van der Waals surface area contributed by atoms with E-state index in [2.05, 4.69) is 34.9 Å². The third-order valence-electron chi connectivity index (χ3n) is 6.78. The van der Waals surface area contributed by atoms with E-state index < -0.39 is 0 Å². The van der Waals surface area contributed by atoms with E-state index in [1.807, 2.05) is 11.0 Å². The Bertz CT molecular complexity index is 643. The molecule has 2 fully saturated rings. The summed E-state index contributed by atoms with van der Waals surface area (Å²) in [6.45, 7) is 11.7. The van der Waals surface area contributed by atoms with E-state index in [0.29, 0.717) is 6.04 Å². The van der Waals surface area contributed by atoms with Gasteiger partial charge < -0.3 is 19.4 Å². The number of carbonyl (C=O) groups is 1. The third kappa shape index (κ3) is 6.45. The molecule has 1 atom stereocenters. The number of amides is 1. The summed E-state index contributed by atoms with van der Waals surface area (Å²) >= 11 is 0. The van der Waals surface area contributed by atoms with Crippen molar-refractivity contribution in [3.63, 3.8) is 0 Å². The zero-order chi connectivity index (χ0) is 20.6. The molecule has 0 N–H and O–H groups in total. The molecule has 0 saturated carbocycles. The maximum absolute atomic E-state index is 11.6. The molecule has 1 aromatic carbocycles. The molecule has 0 aliphatic carbocycles. The highest BCUT2D eigenvalue weighted by molar-refractivity contribution is 5.73. The van der Waals surface area contributed by atoms with Crippen molar-refractivity contribution in [2.45, 2.75) is 52.0 Å². The van der Waals surface area contributed by atoms with Crippen molar-refractivity contribution in [1.29, 1.82) is 0 Å². The van der Waals surface area contributed by atoms with Gasteiger partial charge in [0, 0.05) is 45.7 Å². The lowest BCUT2D eigenvalue weighted by atomic mass is 9.94. The van der Waals surface area contributed by atoms with Gasteiger partial charge >= 0.3 is 0 Å². The van der Waals surface area contributed by atoms with Crippen LogP contribution < -0.4 is 4.74 Å². The van der Waals surface area contributed by atoms with Gasteiger partial charge in [0.15, 0.2) is 0 Å². The van der Waals surface area contributed by atoms with Gasteiger partial charge in [0.25, 0.3) is 0 Å². The second-order valence-corrected chi connectivity index (χ2v) is 8.74. The largest absolute Gasteiger partial charge is 0.497 e. The molecule has 29 heavy (non-hydrogen) atoms. The van der Waals surface area contributed by atoms with Crippen molar-refractivity contribution in [3.8, 4) is 5.75 Å². The lowest BCUT2D eigenvalue weighted by Crippen LogP contribution is -2.49. The lowest BCUT2D eigenvalue weighted by molar-refractivity contribution is -0.130. The molecule has 0 aromatic heterocycles. The highest BCUT2D eigenvalue weighted by Gasteiger charge is 2.28. The quantitative estimate of drug-likeness (QED) is 0.670. The van der Waals surface area contributed by atoms with E-state index >= 15 is 0 Å². The molecular weight excluding hydrogens is 362 g/mol. The molecule has 2 aliphatic heterocycles. The van der Waals surface area contributed by atoms with Crippen LogP contribution in [0.5, 0.6) is 5.75 Å². The molecule has 0 spiro atoms. The van der Waals surface area contributed by atoms with Crippen molar-refractivity contribution in [3.05, 3.63) is 29.8 Å². The van der Waals surface area contributed by atoms with E-state index in [-0.39, 0.29) is 5.91 Å². The molecule has 1 amide bonds. The zero-order valence-electron chi connectivity index (χ0n) is 18.6. The highest BCUT2D eigenvalue weighted by Crippen LogP contribution is 2.23. The fourth-order valence-corrected chi connectivity index (χ4v) is 5.03. The minimum absolute atomic E-state index is 0.227. The molecule has 0 radical (unpaired) electrons. The molecular formula is C24H39N3O2. The first kappa shape index (κ1) is 22.1. The maximum atomic E-state index is 11.6.